The van der Waals surface area contributed by atoms with Gasteiger partial charge in [0.05, 0.1) is 18.8 Å². The Hall–Kier alpha value is -0.0951. The molecule has 15 heavy (non-hydrogen) atoms. The predicted octanol–water partition coefficient (Wildman–Crippen LogP) is -0.193. The summed E-state index contributed by atoms with van der Waals surface area (Å²) < 4.78 is 10.7. The van der Waals surface area contributed by atoms with Gasteiger partial charge in [-0.1, -0.05) is 13.8 Å². The van der Waals surface area contributed by atoms with Gasteiger partial charge in [0.2, 0.25) is 0 Å². The maximum atomic E-state index is 9.55. The lowest BCUT2D eigenvalue weighted by atomic mass is 9.93. The lowest BCUT2D eigenvalue weighted by Crippen LogP contribution is -2.35. The van der Waals surface area contributed by atoms with Crippen LogP contribution in [0.2, 0.25) is 0 Å². The lowest BCUT2D eigenvalue weighted by molar-refractivity contribution is -0.0584. The molecule has 2 radical (unpaired) electrons. The van der Waals surface area contributed by atoms with Crippen molar-refractivity contribution in [2.24, 2.45) is 0 Å². The fourth-order valence-corrected chi connectivity index (χ4v) is 1.67. The molecule has 1 fully saturated rings. The average molecular weight is 214 g/mol. The molecular formula is C10H19BO4. The van der Waals surface area contributed by atoms with Gasteiger partial charge in [0.1, 0.15) is 20.1 Å². The summed E-state index contributed by atoms with van der Waals surface area (Å²) in [5.41, 5.74) is 0. The van der Waals surface area contributed by atoms with Gasteiger partial charge in [-0.2, -0.15) is 0 Å². The smallest absolute Gasteiger partial charge is 0.112 e. The molecule has 0 spiro atoms. The molecule has 0 bridgehead atoms. The first-order chi connectivity index (χ1) is 7.10. The van der Waals surface area contributed by atoms with Gasteiger partial charge in [-0.05, 0) is 12.8 Å². The van der Waals surface area contributed by atoms with E-state index in [2.05, 4.69) is 0 Å². The quantitative estimate of drug-likeness (QED) is 0.622. The molecule has 0 aromatic rings. The Morgan fingerprint density at radius 1 is 1.27 bits per heavy atom. The van der Waals surface area contributed by atoms with Crippen molar-refractivity contribution in [3.63, 3.8) is 0 Å². The summed E-state index contributed by atoms with van der Waals surface area (Å²) >= 11 is 0. The van der Waals surface area contributed by atoms with E-state index in [1.807, 2.05) is 13.8 Å². The minimum Gasteiger partial charge on any atom is -0.388 e. The van der Waals surface area contributed by atoms with Gasteiger partial charge in [0, 0.05) is 6.00 Å². The summed E-state index contributed by atoms with van der Waals surface area (Å²) in [5, 5.41) is 18.9. The second-order valence-electron chi connectivity index (χ2n) is 3.89. The Bertz CT molecular complexity index is 186. The maximum absolute atomic E-state index is 9.55. The largest absolute Gasteiger partial charge is 0.388 e. The van der Waals surface area contributed by atoms with Crippen molar-refractivity contribution in [1.82, 2.24) is 0 Å². The normalized spacial score (nSPS) is 36.3. The number of aliphatic hydroxyl groups excluding tert-OH is 2. The number of hydrogen-bond acceptors (Lipinski definition) is 4. The number of aliphatic hydroxyl groups is 2. The van der Waals surface area contributed by atoms with E-state index in [4.69, 9.17) is 17.3 Å². The van der Waals surface area contributed by atoms with Crippen molar-refractivity contribution < 1.29 is 19.7 Å². The first-order valence-corrected chi connectivity index (χ1v) is 5.48. The van der Waals surface area contributed by atoms with Crippen LogP contribution in [0.5, 0.6) is 0 Å². The van der Waals surface area contributed by atoms with Crippen LogP contribution in [0.3, 0.4) is 0 Å². The van der Waals surface area contributed by atoms with Gasteiger partial charge < -0.3 is 19.7 Å². The van der Waals surface area contributed by atoms with Crippen LogP contribution >= 0.6 is 0 Å². The molecule has 5 heteroatoms. The molecule has 0 amide bonds. The van der Waals surface area contributed by atoms with Gasteiger partial charge >= 0.3 is 0 Å². The highest BCUT2D eigenvalue weighted by molar-refractivity contribution is 6.11. The Kier molecular flexibility index (Phi) is 5.05. The topological polar surface area (TPSA) is 58.9 Å². The standard InChI is InChI=1S/C10H19BO4/c1-3-6(4-2)14-5-7-8(12)9(13)10(11)15-7/h6-10,12-13H,3-5H2,1-2H3. The van der Waals surface area contributed by atoms with E-state index in [9.17, 15) is 10.2 Å². The molecule has 4 atom stereocenters. The van der Waals surface area contributed by atoms with Crippen LogP contribution < -0.4 is 0 Å². The first-order valence-electron chi connectivity index (χ1n) is 5.48. The zero-order chi connectivity index (χ0) is 11.4. The fraction of sp³-hybridized carbons (Fsp3) is 1.00. The van der Waals surface area contributed by atoms with E-state index in [1.165, 1.54) is 0 Å². The summed E-state index contributed by atoms with van der Waals surface area (Å²) in [4.78, 5) is 0. The van der Waals surface area contributed by atoms with Crippen LogP contribution in [0.25, 0.3) is 0 Å². The highest BCUT2D eigenvalue weighted by Gasteiger charge is 2.39. The molecule has 1 heterocycles. The first kappa shape index (κ1) is 13.0. The fourth-order valence-electron chi connectivity index (χ4n) is 1.67. The summed E-state index contributed by atoms with van der Waals surface area (Å²) in [6.07, 6.45) is -0.456. The zero-order valence-electron chi connectivity index (χ0n) is 9.30. The Morgan fingerprint density at radius 2 is 1.87 bits per heavy atom. The molecule has 0 aromatic heterocycles. The average Bonchev–Trinajstić information content (AvgIpc) is 2.48. The molecule has 0 saturated carbocycles. The second-order valence-corrected chi connectivity index (χ2v) is 3.89. The number of ether oxygens (including phenoxy) is 2. The Labute approximate surface area is 92.0 Å². The van der Waals surface area contributed by atoms with Crippen molar-refractivity contribution in [2.75, 3.05) is 6.61 Å². The molecule has 1 rings (SSSR count). The van der Waals surface area contributed by atoms with Gasteiger partial charge in [-0.3, -0.25) is 0 Å². The van der Waals surface area contributed by atoms with Crippen molar-refractivity contribution in [2.45, 2.75) is 57.1 Å². The molecule has 4 nitrogen and oxygen atoms in total. The lowest BCUT2D eigenvalue weighted by Gasteiger charge is -2.19. The van der Waals surface area contributed by atoms with Crippen LogP contribution in [-0.2, 0) is 9.47 Å². The molecule has 4 unspecified atom stereocenters. The van der Waals surface area contributed by atoms with Gasteiger partial charge in [0.15, 0.2) is 0 Å². The van der Waals surface area contributed by atoms with Crippen LogP contribution in [0.4, 0.5) is 0 Å². The molecule has 1 aliphatic heterocycles. The number of hydrogen-bond donors (Lipinski definition) is 2. The molecule has 2 N–H and O–H groups in total. The van der Waals surface area contributed by atoms with E-state index in [1.54, 1.807) is 0 Å². The summed E-state index contributed by atoms with van der Waals surface area (Å²) in [7, 11) is 5.44. The predicted molar refractivity (Wildman–Crippen MR) is 56.8 cm³/mol. The molecule has 86 valence electrons. The molecule has 0 aromatic carbocycles. The number of rotatable bonds is 5. The van der Waals surface area contributed by atoms with E-state index < -0.39 is 24.3 Å². The van der Waals surface area contributed by atoms with Crippen LogP contribution in [0.1, 0.15) is 26.7 Å². The Morgan fingerprint density at radius 3 is 2.27 bits per heavy atom. The molecular weight excluding hydrogens is 195 g/mol. The van der Waals surface area contributed by atoms with Crippen molar-refractivity contribution in [3.8, 4) is 0 Å². The molecule has 1 aliphatic rings. The molecule has 0 aliphatic carbocycles. The third-order valence-electron chi connectivity index (χ3n) is 2.81. The minimum atomic E-state index is -1.01. The van der Waals surface area contributed by atoms with Gasteiger partial charge in [0.25, 0.3) is 0 Å². The summed E-state index contributed by atoms with van der Waals surface area (Å²) in [6, 6.07) is -0.810. The minimum absolute atomic E-state index is 0.176. The highest BCUT2D eigenvalue weighted by Crippen LogP contribution is 2.20. The van der Waals surface area contributed by atoms with Crippen LogP contribution in [0.15, 0.2) is 0 Å². The third-order valence-corrected chi connectivity index (χ3v) is 2.81. The zero-order valence-corrected chi connectivity index (χ0v) is 9.30. The van der Waals surface area contributed by atoms with Crippen LogP contribution in [-0.4, -0.2) is 55.1 Å². The van der Waals surface area contributed by atoms with E-state index in [0.717, 1.165) is 12.8 Å². The summed E-state index contributed by atoms with van der Waals surface area (Å²) in [5.74, 6) is 0. The van der Waals surface area contributed by atoms with Gasteiger partial charge in [-0.25, -0.2) is 0 Å². The SMILES string of the molecule is [B]C1OC(COC(CC)CC)C(O)C1O. The maximum Gasteiger partial charge on any atom is 0.112 e. The van der Waals surface area contributed by atoms with E-state index in [0.29, 0.717) is 0 Å². The monoisotopic (exact) mass is 214 g/mol. The van der Waals surface area contributed by atoms with Gasteiger partial charge in [-0.15, -0.1) is 0 Å². The molecule has 1 saturated heterocycles. The Balaban J connectivity index is 2.33. The third kappa shape index (κ3) is 3.18. The van der Waals surface area contributed by atoms with E-state index in [-0.39, 0.29) is 12.7 Å². The van der Waals surface area contributed by atoms with Crippen molar-refractivity contribution >= 4 is 7.85 Å². The van der Waals surface area contributed by atoms with Crippen LogP contribution in [0, 0.1) is 0 Å². The highest BCUT2D eigenvalue weighted by atomic mass is 16.6. The second kappa shape index (κ2) is 5.84. The van der Waals surface area contributed by atoms with Crippen molar-refractivity contribution in [1.29, 1.82) is 0 Å². The van der Waals surface area contributed by atoms with Crippen molar-refractivity contribution in [3.05, 3.63) is 0 Å². The summed E-state index contributed by atoms with van der Waals surface area (Å²) in [6.45, 7) is 4.36. The van der Waals surface area contributed by atoms with E-state index >= 15 is 0 Å².